The summed E-state index contributed by atoms with van der Waals surface area (Å²) in [4.78, 5) is 26.1. The van der Waals surface area contributed by atoms with E-state index in [1.807, 2.05) is 47.8 Å². The number of tetrazole rings is 1. The number of hydrogen-bond donors (Lipinski definition) is 1. The van der Waals surface area contributed by atoms with E-state index >= 15 is 0 Å². The van der Waals surface area contributed by atoms with Gasteiger partial charge < -0.3 is 10.1 Å². The molecule has 1 amide bonds. The Morgan fingerprint density at radius 2 is 1.88 bits per heavy atom. The molecule has 0 bridgehead atoms. The molecule has 34 heavy (non-hydrogen) atoms. The van der Waals surface area contributed by atoms with Gasteiger partial charge in [0.25, 0.3) is 5.91 Å². The van der Waals surface area contributed by atoms with Gasteiger partial charge in [-0.2, -0.15) is 9.94 Å². The molecule has 0 saturated carbocycles. The second-order valence-corrected chi connectivity index (χ2v) is 7.96. The quantitative estimate of drug-likeness (QED) is 0.308. The molecule has 0 fully saturated rings. The van der Waals surface area contributed by atoms with Gasteiger partial charge in [0.1, 0.15) is 0 Å². The van der Waals surface area contributed by atoms with Crippen molar-refractivity contribution in [2.24, 2.45) is 0 Å². The summed E-state index contributed by atoms with van der Waals surface area (Å²) in [5.41, 5.74) is 2.16. The summed E-state index contributed by atoms with van der Waals surface area (Å²) >= 11 is 1.43. The average molecular weight is 471 g/mol. The van der Waals surface area contributed by atoms with Crippen molar-refractivity contribution < 1.29 is 14.3 Å². The molecule has 0 spiro atoms. The van der Waals surface area contributed by atoms with Gasteiger partial charge in [-0.1, -0.05) is 48.5 Å². The number of esters is 1. The van der Waals surface area contributed by atoms with Gasteiger partial charge >= 0.3 is 5.97 Å². The maximum Gasteiger partial charge on any atom is 0.357 e. The molecular formula is C24H18N6O3S. The van der Waals surface area contributed by atoms with Crippen molar-refractivity contribution in [1.29, 1.82) is 5.26 Å². The van der Waals surface area contributed by atoms with Gasteiger partial charge in [0.05, 0.1) is 12.5 Å². The molecule has 4 rings (SSSR count). The van der Waals surface area contributed by atoms with Gasteiger partial charge in [-0.3, -0.25) is 4.79 Å². The largest absolute Gasteiger partial charge is 0.451 e. The van der Waals surface area contributed by atoms with E-state index < -0.39 is 18.5 Å². The molecule has 0 aliphatic carbocycles. The third kappa shape index (κ3) is 5.59. The highest BCUT2D eigenvalue weighted by Gasteiger charge is 2.21. The predicted molar refractivity (Wildman–Crippen MR) is 127 cm³/mol. The Balaban J connectivity index is 1.50. The first-order chi connectivity index (χ1) is 16.6. The Morgan fingerprint density at radius 3 is 2.59 bits per heavy atom. The number of nitriles is 1. The van der Waals surface area contributed by atoms with Gasteiger partial charge in [-0.25, -0.2) is 4.79 Å². The lowest BCUT2D eigenvalue weighted by molar-refractivity contribution is -0.141. The first-order valence-corrected chi connectivity index (χ1v) is 11.0. The summed E-state index contributed by atoms with van der Waals surface area (Å²) in [5, 5.41) is 25.0. The van der Waals surface area contributed by atoms with E-state index in [1.165, 1.54) is 16.0 Å². The van der Waals surface area contributed by atoms with E-state index in [1.54, 1.807) is 30.3 Å². The molecule has 0 saturated heterocycles. The number of aromatic nitrogens is 4. The van der Waals surface area contributed by atoms with Crippen LogP contribution >= 0.6 is 11.3 Å². The summed E-state index contributed by atoms with van der Waals surface area (Å²) in [6, 6.07) is 21.8. The number of rotatable bonds is 8. The van der Waals surface area contributed by atoms with E-state index in [2.05, 4.69) is 26.9 Å². The number of carbonyl (C=O) groups excluding carboxylic acids is 2. The fourth-order valence-electron chi connectivity index (χ4n) is 3.03. The van der Waals surface area contributed by atoms with Crippen LogP contribution in [0.15, 0.2) is 72.1 Å². The predicted octanol–water partition coefficient (Wildman–Crippen LogP) is 3.65. The SMILES string of the molecule is N#CCc1ccc(NC(=O)COC(=O)/C(=C/c2cccs2)n2nnnc2-c2ccccc2)cc1. The topological polar surface area (TPSA) is 123 Å². The monoisotopic (exact) mass is 470 g/mol. The van der Waals surface area contributed by atoms with Crippen molar-refractivity contribution in [1.82, 2.24) is 20.2 Å². The molecule has 2 heterocycles. The van der Waals surface area contributed by atoms with E-state index in [9.17, 15) is 9.59 Å². The highest BCUT2D eigenvalue weighted by Crippen LogP contribution is 2.22. The number of anilines is 1. The number of amides is 1. The van der Waals surface area contributed by atoms with E-state index in [0.717, 1.165) is 16.0 Å². The highest BCUT2D eigenvalue weighted by molar-refractivity contribution is 7.10. The van der Waals surface area contributed by atoms with Gasteiger partial charge in [0.15, 0.2) is 18.1 Å². The van der Waals surface area contributed by atoms with E-state index in [4.69, 9.17) is 10.00 Å². The number of thiophene rings is 1. The minimum atomic E-state index is -0.752. The van der Waals surface area contributed by atoms with Crippen LogP contribution in [0.2, 0.25) is 0 Å². The Morgan fingerprint density at radius 1 is 1.09 bits per heavy atom. The second kappa shape index (κ2) is 10.8. The van der Waals surface area contributed by atoms with Crippen molar-refractivity contribution in [3.05, 3.63) is 82.6 Å². The molecule has 9 nitrogen and oxygen atoms in total. The van der Waals surface area contributed by atoms with Crippen LogP contribution in [-0.2, 0) is 20.7 Å². The summed E-state index contributed by atoms with van der Waals surface area (Å²) in [6.07, 6.45) is 1.90. The van der Waals surface area contributed by atoms with Crippen LogP contribution in [0.1, 0.15) is 10.4 Å². The summed E-state index contributed by atoms with van der Waals surface area (Å²) in [7, 11) is 0. The molecule has 2 aromatic heterocycles. The maximum atomic E-state index is 13.0. The van der Waals surface area contributed by atoms with Gasteiger partial charge in [0, 0.05) is 16.1 Å². The Labute approximate surface area is 198 Å². The number of nitrogens with zero attached hydrogens (tertiary/aromatic N) is 5. The average Bonchev–Trinajstić information content (AvgIpc) is 3.55. The molecule has 0 unspecified atom stereocenters. The lowest BCUT2D eigenvalue weighted by Crippen LogP contribution is -2.23. The smallest absolute Gasteiger partial charge is 0.357 e. The van der Waals surface area contributed by atoms with Crippen molar-refractivity contribution in [3.63, 3.8) is 0 Å². The molecule has 0 aliphatic rings. The van der Waals surface area contributed by atoms with Gasteiger partial charge in [-0.15, -0.1) is 16.4 Å². The molecule has 2 aromatic carbocycles. The minimum Gasteiger partial charge on any atom is -0.451 e. The summed E-state index contributed by atoms with van der Waals surface area (Å²) < 4.78 is 6.58. The van der Waals surface area contributed by atoms with Gasteiger partial charge in [-0.05, 0) is 45.6 Å². The molecule has 0 radical (unpaired) electrons. The molecule has 0 atom stereocenters. The van der Waals surface area contributed by atoms with Crippen molar-refractivity contribution in [2.75, 3.05) is 11.9 Å². The fourth-order valence-corrected chi connectivity index (χ4v) is 3.68. The highest BCUT2D eigenvalue weighted by atomic mass is 32.1. The molecule has 1 N–H and O–H groups in total. The Bertz CT molecular complexity index is 1340. The third-order valence-corrected chi connectivity index (χ3v) is 5.44. The number of ether oxygens (including phenoxy) is 1. The Kier molecular flexibility index (Phi) is 7.17. The van der Waals surface area contributed by atoms with Gasteiger partial charge in [0.2, 0.25) is 0 Å². The van der Waals surface area contributed by atoms with Crippen LogP contribution in [0.3, 0.4) is 0 Å². The lowest BCUT2D eigenvalue weighted by atomic mass is 10.1. The Hall–Kier alpha value is -4.62. The zero-order valence-electron chi connectivity index (χ0n) is 17.8. The summed E-state index contributed by atoms with van der Waals surface area (Å²) in [6.45, 7) is -0.497. The van der Waals surface area contributed by atoms with E-state index in [-0.39, 0.29) is 12.1 Å². The first-order valence-electron chi connectivity index (χ1n) is 10.2. The van der Waals surface area contributed by atoms with Crippen LogP contribution in [-0.4, -0.2) is 38.7 Å². The zero-order valence-corrected chi connectivity index (χ0v) is 18.6. The van der Waals surface area contributed by atoms with Crippen LogP contribution in [0.5, 0.6) is 0 Å². The molecule has 0 aliphatic heterocycles. The van der Waals surface area contributed by atoms with Crippen molar-refractivity contribution >= 4 is 40.7 Å². The van der Waals surface area contributed by atoms with E-state index in [0.29, 0.717) is 11.5 Å². The number of nitrogens with one attached hydrogen (secondary N) is 1. The molecular weight excluding hydrogens is 452 g/mol. The normalized spacial score (nSPS) is 11.0. The standard InChI is InChI=1S/C24H18N6O3S/c25-13-12-17-8-10-19(11-9-17)26-22(31)16-33-24(32)21(15-20-7-4-14-34-20)30-23(27-28-29-30)18-5-2-1-3-6-18/h1-11,14-15H,12,16H2,(H,26,31)/b21-15-. The van der Waals surface area contributed by atoms with Crippen molar-refractivity contribution in [3.8, 4) is 17.5 Å². The molecule has 10 heteroatoms. The maximum absolute atomic E-state index is 13.0. The van der Waals surface area contributed by atoms with Crippen LogP contribution in [0, 0.1) is 11.3 Å². The van der Waals surface area contributed by atoms with Crippen LogP contribution in [0.25, 0.3) is 23.2 Å². The zero-order chi connectivity index (χ0) is 23.8. The van der Waals surface area contributed by atoms with Crippen LogP contribution < -0.4 is 5.32 Å². The van der Waals surface area contributed by atoms with Crippen LogP contribution in [0.4, 0.5) is 5.69 Å². The minimum absolute atomic E-state index is 0.0694. The fraction of sp³-hybridized carbons (Fsp3) is 0.0833. The second-order valence-electron chi connectivity index (χ2n) is 6.98. The summed E-state index contributed by atoms with van der Waals surface area (Å²) in [5.74, 6) is -0.892. The number of carbonyl (C=O) groups is 2. The number of hydrogen-bond acceptors (Lipinski definition) is 8. The number of benzene rings is 2. The van der Waals surface area contributed by atoms with Crippen molar-refractivity contribution in [2.45, 2.75) is 6.42 Å². The molecule has 168 valence electrons. The first kappa shape index (κ1) is 22.6. The lowest BCUT2D eigenvalue weighted by Gasteiger charge is -2.10. The third-order valence-electron chi connectivity index (χ3n) is 4.62. The molecule has 4 aromatic rings.